The van der Waals surface area contributed by atoms with Crippen LogP contribution >= 0.6 is 0 Å². The van der Waals surface area contributed by atoms with Crippen LogP contribution in [-0.4, -0.2) is 32.7 Å². The van der Waals surface area contributed by atoms with E-state index in [2.05, 4.69) is 20.4 Å². The largest absolute Gasteiger partial charge is 0.378 e. The van der Waals surface area contributed by atoms with Gasteiger partial charge in [-0.05, 0) is 24.1 Å². The smallest absolute Gasteiger partial charge is 0.254 e. The second kappa shape index (κ2) is 5.58. The number of aromatic nitrogens is 4. The van der Waals surface area contributed by atoms with Crippen LogP contribution in [0, 0.1) is 5.82 Å². The van der Waals surface area contributed by atoms with E-state index in [0.29, 0.717) is 24.3 Å². The van der Waals surface area contributed by atoms with Crippen LogP contribution in [0.5, 0.6) is 0 Å². The Bertz CT molecular complexity index is 832. The molecule has 0 bridgehead atoms. The van der Waals surface area contributed by atoms with Gasteiger partial charge < -0.3 is 10.1 Å². The molecule has 2 aromatic heterocycles. The average Bonchev–Trinajstić information content (AvgIpc) is 3.13. The minimum Gasteiger partial charge on any atom is -0.378 e. The van der Waals surface area contributed by atoms with Crippen molar-refractivity contribution in [2.75, 3.05) is 12.4 Å². The Labute approximate surface area is 132 Å². The number of nitrogens with zero attached hydrogens (tertiary/aromatic N) is 4. The fraction of sp³-hybridized carbons (Fsp3) is 0.312. The van der Waals surface area contributed by atoms with Gasteiger partial charge in [0.2, 0.25) is 0 Å². The number of ether oxygens (including phenoxy) is 1. The van der Waals surface area contributed by atoms with Crippen LogP contribution in [0.4, 0.5) is 10.2 Å². The van der Waals surface area contributed by atoms with Crippen LogP contribution < -0.4 is 5.32 Å². The molecule has 1 fully saturated rings. The lowest BCUT2D eigenvalue weighted by Crippen LogP contribution is -2.11. The maximum atomic E-state index is 13.0. The highest BCUT2D eigenvalue weighted by atomic mass is 19.1. The zero-order chi connectivity index (χ0) is 15.8. The minimum atomic E-state index is -0.207. The lowest BCUT2D eigenvalue weighted by Gasteiger charge is -2.09. The van der Waals surface area contributed by atoms with E-state index in [1.807, 2.05) is 18.2 Å². The fourth-order valence-electron chi connectivity index (χ4n) is 2.81. The molecule has 7 heteroatoms. The summed E-state index contributed by atoms with van der Waals surface area (Å²) >= 11 is 0. The number of methoxy groups -OCH3 is 1. The standard InChI is InChI=1S/C16H16FN5O/c1-23-8-12-6-15(22-16(20-12)18-9-19-22)21-14-7-13(14)10-2-4-11(17)5-3-10/h2-6,9,13-14,21H,7-8H2,1H3/t13-,14+/m0/s1. The Kier molecular flexibility index (Phi) is 3.42. The molecule has 0 saturated heterocycles. The third kappa shape index (κ3) is 2.75. The van der Waals surface area contributed by atoms with E-state index in [1.54, 1.807) is 11.6 Å². The highest BCUT2D eigenvalue weighted by Crippen LogP contribution is 2.42. The summed E-state index contributed by atoms with van der Waals surface area (Å²) in [6.07, 6.45) is 2.48. The molecule has 3 aromatic rings. The maximum absolute atomic E-state index is 13.0. The lowest BCUT2D eigenvalue weighted by atomic mass is 10.1. The van der Waals surface area contributed by atoms with E-state index in [1.165, 1.54) is 18.5 Å². The van der Waals surface area contributed by atoms with Gasteiger partial charge in [-0.3, -0.25) is 0 Å². The van der Waals surface area contributed by atoms with Gasteiger partial charge in [-0.2, -0.15) is 14.6 Å². The van der Waals surface area contributed by atoms with Crippen LogP contribution in [0.3, 0.4) is 0 Å². The molecule has 0 spiro atoms. The van der Waals surface area contributed by atoms with Gasteiger partial charge in [0.1, 0.15) is 18.0 Å². The first-order chi connectivity index (χ1) is 11.2. The summed E-state index contributed by atoms with van der Waals surface area (Å²) in [7, 11) is 1.63. The third-order valence-corrected chi connectivity index (χ3v) is 4.02. The van der Waals surface area contributed by atoms with Crippen molar-refractivity contribution in [3.05, 3.63) is 53.7 Å². The molecular formula is C16H16FN5O. The van der Waals surface area contributed by atoms with Crippen molar-refractivity contribution in [1.29, 1.82) is 0 Å². The van der Waals surface area contributed by atoms with E-state index in [9.17, 15) is 4.39 Å². The molecule has 1 saturated carbocycles. The van der Waals surface area contributed by atoms with E-state index in [-0.39, 0.29) is 5.82 Å². The molecule has 2 atom stereocenters. The van der Waals surface area contributed by atoms with Crippen LogP contribution in [0.25, 0.3) is 5.78 Å². The maximum Gasteiger partial charge on any atom is 0.254 e. The second-order valence-electron chi connectivity index (χ2n) is 5.68. The fourth-order valence-corrected chi connectivity index (χ4v) is 2.81. The Morgan fingerprint density at radius 1 is 1.35 bits per heavy atom. The monoisotopic (exact) mass is 313 g/mol. The van der Waals surface area contributed by atoms with E-state index < -0.39 is 0 Å². The molecule has 1 aliphatic rings. The zero-order valence-electron chi connectivity index (χ0n) is 12.6. The molecule has 1 aromatic carbocycles. The van der Waals surface area contributed by atoms with E-state index in [0.717, 1.165) is 23.5 Å². The van der Waals surface area contributed by atoms with Gasteiger partial charge in [-0.1, -0.05) is 12.1 Å². The molecule has 0 radical (unpaired) electrons. The number of hydrogen-bond donors (Lipinski definition) is 1. The van der Waals surface area contributed by atoms with Gasteiger partial charge in [-0.15, -0.1) is 0 Å². The van der Waals surface area contributed by atoms with Gasteiger partial charge in [-0.25, -0.2) is 9.37 Å². The number of anilines is 1. The molecule has 1 aliphatic carbocycles. The molecule has 4 rings (SSSR count). The summed E-state index contributed by atoms with van der Waals surface area (Å²) < 4.78 is 19.8. The summed E-state index contributed by atoms with van der Waals surface area (Å²) in [6.45, 7) is 0.421. The van der Waals surface area contributed by atoms with Crippen LogP contribution in [-0.2, 0) is 11.3 Å². The summed E-state index contributed by atoms with van der Waals surface area (Å²) in [5.41, 5.74) is 1.94. The van der Waals surface area contributed by atoms with Crippen molar-refractivity contribution >= 4 is 11.6 Å². The molecule has 1 N–H and O–H groups in total. The Hall–Kier alpha value is -2.54. The summed E-state index contributed by atoms with van der Waals surface area (Å²) in [4.78, 5) is 8.52. The SMILES string of the molecule is COCc1cc(N[C@@H]2C[C@H]2c2ccc(F)cc2)n2ncnc2n1. The molecule has 6 nitrogen and oxygen atoms in total. The van der Waals surface area contributed by atoms with Gasteiger partial charge in [0.15, 0.2) is 0 Å². The Balaban J connectivity index is 1.56. The van der Waals surface area contributed by atoms with Crippen molar-refractivity contribution in [1.82, 2.24) is 19.6 Å². The topological polar surface area (TPSA) is 64.3 Å². The predicted octanol–water partition coefficient (Wildman–Crippen LogP) is 2.38. The number of nitrogens with one attached hydrogen (secondary N) is 1. The first kappa shape index (κ1) is 14.1. The number of hydrogen-bond acceptors (Lipinski definition) is 5. The first-order valence-electron chi connectivity index (χ1n) is 7.45. The molecule has 0 amide bonds. The molecule has 2 heterocycles. The Morgan fingerprint density at radius 3 is 2.96 bits per heavy atom. The lowest BCUT2D eigenvalue weighted by molar-refractivity contribution is 0.181. The normalized spacial score (nSPS) is 19.9. The summed E-state index contributed by atoms with van der Waals surface area (Å²) in [5.74, 6) is 1.56. The molecule has 118 valence electrons. The summed E-state index contributed by atoms with van der Waals surface area (Å²) in [6, 6.07) is 8.91. The molecule has 23 heavy (non-hydrogen) atoms. The van der Waals surface area contributed by atoms with Crippen molar-refractivity contribution < 1.29 is 9.13 Å². The van der Waals surface area contributed by atoms with Crippen LogP contribution in [0.15, 0.2) is 36.7 Å². The van der Waals surface area contributed by atoms with Crippen molar-refractivity contribution in [2.24, 2.45) is 0 Å². The minimum absolute atomic E-state index is 0.207. The van der Waals surface area contributed by atoms with Gasteiger partial charge in [0.25, 0.3) is 5.78 Å². The quantitative estimate of drug-likeness (QED) is 0.783. The predicted molar refractivity (Wildman–Crippen MR) is 82.7 cm³/mol. The van der Waals surface area contributed by atoms with E-state index >= 15 is 0 Å². The number of fused-ring (bicyclic) bond motifs is 1. The molecule has 0 unspecified atom stereocenters. The molecular weight excluding hydrogens is 297 g/mol. The van der Waals surface area contributed by atoms with Crippen molar-refractivity contribution in [3.8, 4) is 0 Å². The highest BCUT2D eigenvalue weighted by Gasteiger charge is 2.38. The summed E-state index contributed by atoms with van der Waals surface area (Å²) in [5, 5.41) is 7.68. The highest BCUT2D eigenvalue weighted by molar-refractivity contribution is 5.48. The Morgan fingerprint density at radius 2 is 2.17 bits per heavy atom. The number of rotatable bonds is 5. The van der Waals surface area contributed by atoms with Crippen LogP contribution in [0.2, 0.25) is 0 Å². The first-order valence-corrected chi connectivity index (χ1v) is 7.45. The zero-order valence-corrected chi connectivity index (χ0v) is 12.6. The second-order valence-corrected chi connectivity index (χ2v) is 5.68. The van der Waals surface area contributed by atoms with Gasteiger partial charge in [0.05, 0.1) is 12.3 Å². The van der Waals surface area contributed by atoms with Gasteiger partial charge in [0, 0.05) is 25.1 Å². The van der Waals surface area contributed by atoms with E-state index in [4.69, 9.17) is 4.74 Å². The molecule has 0 aliphatic heterocycles. The number of benzene rings is 1. The van der Waals surface area contributed by atoms with Gasteiger partial charge >= 0.3 is 0 Å². The average molecular weight is 313 g/mol. The van der Waals surface area contributed by atoms with Crippen molar-refractivity contribution in [3.63, 3.8) is 0 Å². The van der Waals surface area contributed by atoms with Crippen molar-refractivity contribution in [2.45, 2.75) is 25.0 Å². The number of halogens is 1. The van der Waals surface area contributed by atoms with Crippen LogP contribution in [0.1, 0.15) is 23.6 Å². The third-order valence-electron chi connectivity index (χ3n) is 4.02.